The smallest absolute Gasteiger partial charge is 0.402 e. The summed E-state index contributed by atoms with van der Waals surface area (Å²) < 4.78 is 0. The van der Waals surface area contributed by atoms with E-state index < -0.39 is 7.32 Å². The van der Waals surface area contributed by atoms with Gasteiger partial charge >= 0.3 is 7.32 Å². The molecule has 1 fully saturated rings. The molecule has 12 heavy (non-hydrogen) atoms. The van der Waals surface area contributed by atoms with Crippen LogP contribution in [0.5, 0.6) is 0 Å². The second kappa shape index (κ2) is 7.55. The van der Waals surface area contributed by atoms with Crippen LogP contribution < -0.4 is 0 Å². The average molecular weight is 176 g/mol. The van der Waals surface area contributed by atoms with E-state index in [0.29, 0.717) is 0 Å². The molecule has 0 aromatic heterocycles. The summed E-state index contributed by atoms with van der Waals surface area (Å²) in [4.78, 5) is 0. The Morgan fingerprint density at radius 2 is 1.17 bits per heavy atom. The molecule has 0 amide bonds. The van der Waals surface area contributed by atoms with Crippen LogP contribution >= 0.6 is 0 Å². The summed E-state index contributed by atoms with van der Waals surface area (Å²) >= 11 is 0. The minimum Gasteiger partial charge on any atom is -0.402 e. The molecule has 0 radical (unpaired) electrons. The Kier molecular flexibility index (Phi) is 7.49. The monoisotopic (exact) mass is 176 g/mol. The third-order valence-corrected chi connectivity index (χ3v) is 1.82. The standard InChI is InChI=1S/C7H14O.BH3O3/c8-7-5-3-1-2-4-6-7;2-1(3)4/h7-8H,1-6H2;2-4H. The molecule has 0 bridgehead atoms. The largest absolute Gasteiger partial charge is 0.631 e. The highest BCUT2D eigenvalue weighted by Gasteiger charge is 2.06. The predicted octanol–water partition coefficient (Wildman–Crippen LogP) is -0.350. The lowest BCUT2D eigenvalue weighted by Gasteiger charge is -2.02. The molecule has 0 unspecified atom stereocenters. The number of hydrogen-bond donors (Lipinski definition) is 4. The highest BCUT2D eigenvalue weighted by Crippen LogP contribution is 2.16. The Bertz CT molecular complexity index is 88.7. The molecule has 0 aromatic carbocycles. The first kappa shape index (κ1) is 11.9. The SMILES string of the molecule is OB(O)O.OC1CCCCCC1. The first-order valence-corrected chi connectivity index (χ1v) is 4.35. The molecule has 5 heteroatoms. The van der Waals surface area contributed by atoms with Gasteiger partial charge in [0.15, 0.2) is 0 Å². The third-order valence-electron chi connectivity index (χ3n) is 1.82. The van der Waals surface area contributed by atoms with E-state index >= 15 is 0 Å². The second-order valence-corrected chi connectivity index (χ2v) is 2.99. The quantitative estimate of drug-likeness (QED) is 0.300. The molecule has 0 heterocycles. The van der Waals surface area contributed by atoms with Gasteiger partial charge in [-0.1, -0.05) is 25.7 Å². The van der Waals surface area contributed by atoms with Gasteiger partial charge in [-0.05, 0) is 12.8 Å². The molecular formula is C7H17BO4. The van der Waals surface area contributed by atoms with Crippen LogP contribution in [0.3, 0.4) is 0 Å². The fourth-order valence-electron chi connectivity index (χ4n) is 1.26. The van der Waals surface area contributed by atoms with Gasteiger partial charge in [-0.3, -0.25) is 0 Å². The van der Waals surface area contributed by atoms with E-state index in [0.717, 1.165) is 12.8 Å². The Morgan fingerprint density at radius 3 is 1.50 bits per heavy atom. The topological polar surface area (TPSA) is 80.9 Å². The highest BCUT2D eigenvalue weighted by molar-refractivity contribution is 6.30. The molecule has 0 aromatic rings. The summed E-state index contributed by atoms with van der Waals surface area (Å²) in [6.45, 7) is 0. The molecule has 0 aliphatic heterocycles. The van der Waals surface area contributed by atoms with Crippen LogP contribution in [0.25, 0.3) is 0 Å². The number of rotatable bonds is 0. The van der Waals surface area contributed by atoms with Crippen LogP contribution in [0.4, 0.5) is 0 Å². The lowest BCUT2D eigenvalue weighted by atomic mass is 10.2. The maximum Gasteiger partial charge on any atom is 0.631 e. The zero-order chi connectivity index (χ0) is 9.40. The first-order chi connectivity index (χ1) is 5.63. The van der Waals surface area contributed by atoms with Crippen LogP contribution in [0.1, 0.15) is 38.5 Å². The molecule has 1 saturated carbocycles. The van der Waals surface area contributed by atoms with Crippen LogP contribution in [0.15, 0.2) is 0 Å². The van der Waals surface area contributed by atoms with Crippen molar-refractivity contribution in [2.45, 2.75) is 44.6 Å². The number of hydrogen-bond acceptors (Lipinski definition) is 4. The van der Waals surface area contributed by atoms with Crippen LogP contribution in [-0.2, 0) is 0 Å². The van der Waals surface area contributed by atoms with Gasteiger partial charge in [0.2, 0.25) is 0 Å². The van der Waals surface area contributed by atoms with Gasteiger partial charge in [-0.25, -0.2) is 0 Å². The van der Waals surface area contributed by atoms with Crippen LogP contribution in [0, 0.1) is 0 Å². The van der Waals surface area contributed by atoms with Crippen molar-refractivity contribution in [1.29, 1.82) is 0 Å². The van der Waals surface area contributed by atoms with Crippen molar-refractivity contribution in [3.8, 4) is 0 Å². The summed E-state index contributed by atoms with van der Waals surface area (Å²) in [5.41, 5.74) is 0. The molecule has 1 aliphatic carbocycles. The Balaban J connectivity index is 0.000000261. The van der Waals surface area contributed by atoms with E-state index in [1.165, 1.54) is 25.7 Å². The summed E-state index contributed by atoms with van der Waals surface area (Å²) in [7, 11) is -2.17. The maximum atomic E-state index is 9.09. The average Bonchev–Trinajstić information content (AvgIpc) is 2.14. The number of aliphatic hydroxyl groups excluding tert-OH is 1. The third kappa shape index (κ3) is 9.90. The highest BCUT2D eigenvalue weighted by atomic mass is 16.5. The van der Waals surface area contributed by atoms with Crippen molar-refractivity contribution in [2.24, 2.45) is 0 Å². The Morgan fingerprint density at radius 1 is 0.833 bits per heavy atom. The van der Waals surface area contributed by atoms with Gasteiger partial charge in [0.05, 0.1) is 6.10 Å². The van der Waals surface area contributed by atoms with Crippen molar-refractivity contribution in [2.75, 3.05) is 0 Å². The second-order valence-electron chi connectivity index (χ2n) is 2.99. The van der Waals surface area contributed by atoms with E-state index in [4.69, 9.17) is 20.2 Å². The van der Waals surface area contributed by atoms with E-state index in [9.17, 15) is 0 Å². The fraction of sp³-hybridized carbons (Fsp3) is 1.00. The van der Waals surface area contributed by atoms with Crippen molar-refractivity contribution in [3.63, 3.8) is 0 Å². The lowest BCUT2D eigenvalue weighted by Crippen LogP contribution is -2.07. The predicted molar refractivity (Wildman–Crippen MR) is 46.1 cm³/mol. The number of aliphatic hydroxyl groups is 1. The van der Waals surface area contributed by atoms with Crippen LogP contribution in [0.2, 0.25) is 0 Å². The van der Waals surface area contributed by atoms with Crippen molar-refractivity contribution < 1.29 is 20.2 Å². The van der Waals surface area contributed by atoms with Crippen molar-refractivity contribution >= 4 is 7.32 Å². The first-order valence-electron chi connectivity index (χ1n) is 4.35. The van der Waals surface area contributed by atoms with Crippen LogP contribution in [-0.4, -0.2) is 33.6 Å². The summed E-state index contributed by atoms with van der Waals surface area (Å²) in [5.74, 6) is 0. The minimum absolute atomic E-state index is 0.0255. The van der Waals surface area contributed by atoms with Crippen molar-refractivity contribution in [3.05, 3.63) is 0 Å². The Hall–Kier alpha value is -0.0951. The van der Waals surface area contributed by atoms with E-state index in [1.807, 2.05) is 0 Å². The minimum atomic E-state index is -2.17. The Labute approximate surface area is 73.0 Å². The summed E-state index contributed by atoms with van der Waals surface area (Å²) in [6, 6.07) is 0. The summed E-state index contributed by atoms with van der Waals surface area (Å²) in [6.07, 6.45) is 7.24. The van der Waals surface area contributed by atoms with Gasteiger partial charge in [0, 0.05) is 0 Å². The van der Waals surface area contributed by atoms with E-state index in [1.54, 1.807) is 0 Å². The molecule has 1 rings (SSSR count). The molecule has 0 spiro atoms. The molecule has 0 atom stereocenters. The molecule has 4 N–H and O–H groups in total. The molecule has 72 valence electrons. The van der Waals surface area contributed by atoms with Gasteiger partial charge < -0.3 is 20.2 Å². The van der Waals surface area contributed by atoms with Gasteiger partial charge in [0.1, 0.15) is 0 Å². The zero-order valence-corrected chi connectivity index (χ0v) is 7.19. The van der Waals surface area contributed by atoms with Gasteiger partial charge in [0.25, 0.3) is 0 Å². The molecule has 1 aliphatic rings. The molecule has 0 saturated heterocycles. The van der Waals surface area contributed by atoms with Gasteiger partial charge in [-0.2, -0.15) is 0 Å². The maximum absolute atomic E-state index is 9.09. The zero-order valence-electron chi connectivity index (χ0n) is 7.19. The normalized spacial score (nSPS) is 19.0. The summed E-state index contributed by atoms with van der Waals surface area (Å²) in [5, 5.41) is 30.6. The molecule has 4 nitrogen and oxygen atoms in total. The van der Waals surface area contributed by atoms with E-state index in [2.05, 4.69) is 0 Å². The van der Waals surface area contributed by atoms with Gasteiger partial charge in [-0.15, -0.1) is 0 Å². The van der Waals surface area contributed by atoms with E-state index in [-0.39, 0.29) is 6.10 Å². The fourth-order valence-corrected chi connectivity index (χ4v) is 1.26. The molecular weight excluding hydrogens is 159 g/mol. The van der Waals surface area contributed by atoms with Crippen molar-refractivity contribution in [1.82, 2.24) is 0 Å². The lowest BCUT2D eigenvalue weighted by molar-refractivity contribution is 0.157.